The van der Waals surface area contributed by atoms with Crippen molar-refractivity contribution in [2.45, 2.75) is 18.7 Å². The second kappa shape index (κ2) is 7.44. The van der Waals surface area contributed by atoms with Crippen molar-refractivity contribution in [2.75, 3.05) is 38.2 Å². The summed E-state index contributed by atoms with van der Waals surface area (Å²) in [4.78, 5) is 1.77. The molecule has 0 aromatic heterocycles. The lowest BCUT2D eigenvalue weighted by Gasteiger charge is -2.35. The van der Waals surface area contributed by atoms with Crippen LogP contribution < -0.4 is 9.64 Å². The molecule has 1 fully saturated rings. The van der Waals surface area contributed by atoms with Crippen molar-refractivity contribution in [3.63, 3.8) is 0 Å². The number of halogens is 2. The van der Waals surface area contributed by atoms with Crippen LogP contribution in [0.15, 0.2) is 35.2 Å². The average Bonchev–Trinajstić information content (AvgIpc) is 2.63. The Balaban J connectivity index is 1.82. The largest absolute Gasteiger partial charge is 0.496 e. The Morgan fingerprint density at radius 1 is 0.963 bits per heavy atom. The number of sulfonamides is 1. The van der Waals surface area contributed by atoms with Gasteiger partial charge in [0.05, 0.1) is 12.0 Å². The topological polar surface area (TPSA) is 49.9 Å². The summed E-state index contributed by atoms with van der Waals surface area (Å²) in [7, 11) is -2.16. The highest BCUT2D eigenvalue weighted by Crippen LogP contribution is 2.29. The molecule has 0 atom stereocenters. The number of hydrogen-bond acceptors (Lipinski definition) is 4. The summed E-state index contributed by atoms with van der Waals surface area (Å²) in [6.07, 6.45) is 0. The number of aryl methyl sites for hydroxylation is 2. The minimum absolute atomic E-state index is 0.106. The molecular weight excluding hydrogens is 374 g/mol. The standard InChI is InChI=1S/C19H22F2N2O3S/c1-13-12-18(14(2)11-17(13)26-3)27(24,25)23-9-7-22(8-10-23)19-15(20)5-4-6-16(19)21/h4-6,11-12H,7-10H2,1-3H3. The van der Waals surface area contributed by atoms with E-state index in [1.807, 2.05) is 0 Å². The van der Waals surface area contributed by atoms with E-state index >= 15 is 0 Å². The molecule has 3 rings (SSSR count). The van der Waals surface area contributed by atoms with Gasteiger partial charge in [0.15, 0.2) is 0 Å². The summed E-state index contributed by atoms with van der Waals surface area (Å²) >= 11 is 0. The molecule has 0 amide bonds. The minimum Gasteiger partial charge on any atom is -0.496 e. The first-order chi connectivity index (χ1) is 12.8. The van der Waals surface area contributed by atoms with Gasteiger partial charge in [0.25, 0.3) is 0 Å². The Hall–Kier alpha value is -2.19. The number of para-hydroxylation sites is 1. The van der Waals surface area contributed by atoms with E-state index in [0.29, 0.717) is 11.3 Å². The molecule has 0 unspecified atom stereocenters. The smallest absolute Gasteiger partial charge is 0.243 e. The predicted octanol–water partition coefficient (Wildman–Crippen LogP) is 3.10. The van der Waals surface area contributed by atoms with Crippen LogP contribution in [0.5, 0.6) is 5.75 Å². The number of piperazine rings is 1. The van der Waals surface area contributed by atoms with E-state index in [9.17, 15) is 17.2 Å². The van der Waals surface area contributed by atoms with Crippen LogP contribution in [0.25, 0.3) is 0 Å². The molecule has 1 aliphatic rings. The van der Waals surface area contributed by atoms with Crippen LogP contribution in [0, 0.1) is 25.5 Å². The van der Waals surface area contributed by atoms with Gasteiger partial charge in [0.1, 0.15) is 23.1 Å². The summed E-state index contributed by atoms with van der Waals surface area (Å²) in [5, 5.41) is 0. The third-order valence-electron chi connectivity index (χ3n) is 4.80. The van der Waals surface area contributed by atoms with Crippen LogP contribution in [-0.2, 0) is 10.0 Å². The molecule has 0 N–H and O–H groups in total. The summed E-state index contributed by atoms with van der Waals surface area (Å²) in [5.41, 5.74) is 1.22. The molecule has 2 aromatic rings. The molecule has 1 saturated heterocycles. The van der Waals surface area contributed by atoms with E-state index in [1.165, 1.54) is 29.6 Å². The van der Waals surface area contributed by atoms with Gasteiger partial charge in [-0.05, 0) is 49.2 Å². The van der Waals surface area contributed by atoms with E-state index in [2.05, 4.69) is 0 Å². The van der Waals surface area contributed by atoms with Gasteiger partial charge in [-0.15, -0.1) is 0 Å². The van der Waals surface area contributed by atoms with E-state index in [4.69, 9.17) is 4.74 Å². The van der Waals surface area contributed by atoms with E-state index < -0.39 is 21.7 Å². The van der Waals surface area contributed by atoms with Crippen molar-refractivity contribution in [3.8, 4) is 5.75 Å². The highest BCUT2D eigenvalue weighted by molar-refractivity contribution is 7.89. The minimum atomic E-state index is -3.70. The Bertz CT molecular complexity index is 935. The third-order valence-corrected chi connectivity index (χ3v) is 6.84. The van der Waals surface area contributed by atoms with Crippen molar-refractivity contribution < 1.29 is 21.9 Å². The predicted molar refractivity (Wildman–Crippen MR) is 99.8 cm³/mol. The molecule has 0 saturated carbocycles. The average molecular weight is 396 g/mol. The quantitative estimate of drug-likeness (QED) is 0.797. The molecule has 27 heavy (non-hydrogen) atoms. The summed E-state index contributed by atoms with van der Waals surface area (Å²) < 4.78 is 60.7. The Labute approximate surface area is 158 Å². The Morgan fingerprint density at radius 2 is 1.56 bits per heavy atom. The number of methoxy groups -OCH3 is 1. The van der Waals surface area contributed by atoms with Crippen molar-refractivity contribution in [3.05, 3.63) is 53.1 Å². The molecule has 0 radical (unpaired) electrons. The maximum absolute atomic E-state index is 14.0. The molecule has 5 nitrogen and oxygen atoms in total. The highest BCUT2D eigenvalue weighted by Gasteiger charge is 2.31. The molecule has 146 valence electrons. The van der Waals surface area contributed by atoms with E-state index in [0.717, 1.165) is 5.56 Å². The molecule has 0 spiro atoms. The number of hydrogen-bond donors (Lipinski definition) is 0. The molecule has 2 aromatic carbocycles. The maximum atomic E-state index is 14.0. The first-order valence-corrected chi connectivity index (χ1v) is 10.0. The van der Waals surface area contributed by atoms with Gasteiger partial charge < -0.3 is 9.64 Å². The van der Waals surface area contributed by atoms with Gasteiger partial charge in [0, 0.05) is 26.2 Å². The second-order valence-electron chi connectivity index (χ2n) is 6.55. The summed E-state index contributed by atoms with van der Waals surface area (Å²) in [6, 6.07) is 7.01. The number of benzene rings is 2. The van der Waals surface area contributed by atoms with Gasteiger partial charge in [0.2, 0.25) is 10.0 Å². The zero-order valence-electron chi connectivity index (χ0n) is 15.5. The molecule has 0 aliphatic carbocycles. The third kappa shape index (κ3) is 3.64. The zero-order valence-corrected chi connectivity index (χ0v) is 16.3. The van der Waals surface area contributed by atoms with Crippen LogP contribution >= 0.6 is 0 Å². The van der Waals surface area contributed by atoms with E-state index in [1.54, 1.807) is 30.9 Å². The van der Waals surface area contributed by atoms with Crippen LogP contribution in [0.4, 0.5) is 14.5 Å². The lowest BCUT2D eigenvalue weighted by atomic mass is 10.1. The summed E-state index contributed by atoms with van der Waals surface area (Å²) in [5.74, 6) is -0.660. The monoisotopic (exact) mass is 396 g/mol. The SMILES string of the molecule is COc1cc(C)c(S(=O)(=O)N2CCN(c3c(F)cccc3F)CC2)cc1C. The zero-order chi connectivity index (χ0) is 19.8. The van der Waals surface area contributed by atoms with Gasteiger partial charge in [-0.3, -0.25) is 0 Å². The van der Waals surface area contributed by atoms with Crippen molar-refractivity contribution in [1.29, 1.82) is 0 Å². The van der Waals surface area contributed by atoms with Crippen molar-refractivity contribution in [1.82, 2.24) is 4.31 Å². The van der Waals surface area contributed by atoms with Crippen molar-refractivity contribution >= 4 is 15.7 Å². The maximum Gasteiger partial charge on any atom is 0.243 e. The van der Waals surface area contributed by atoms with Gasteiger partial charge in [-0.2, -0.15) is 4.31 Å². The molecule has 1 aliphatic heterocycles. The first kappa shape index (κ1) is 19.6. The van der Waals surface area contributed by atoms with Crippen LogP contribution in [-0.4, -0.2) is 46.0 Å². The van der Waals surface area contributed by atoms with Gasteiger partial charge in [-0.1, -0.05) is 6.07 Å². The first-order valence-electron chi connectivity index (χ1n) is 8.60. The fraction of sp³-hybridized carbons (Fsp3) is 0.368. The second-order valence-corrected chi connectivity index (χ2v) is 8.46. The molecular formula is C19H22F2N2O3S. The van der Waals surface area contributed by atoms with Gasteiger partial charge in [-0.25, -0.2) is 17.2 Å². The lowest BCUT2D eigenvalue weighted by molar-refractivity contribution is 0.380. The molecule has 1 heterocycles. The number of rotatable bonds is 4. The summed E-state index contributed by atoms with van der Waals surface area (Å²) in [6.45, 7) is 4.24. The normalized spacial score (nSPS) is 15.8. The van der Waals surface area contributed by atoms with Crippen LogP contribution in [0.3, 0.4) is 0 Å². The number of ether oxygens (including phenoxy) is 1. The fourth-order valence-electron chi connectivity index (χ4n) is 3.34. The number of anilines is 1. The molecule has 8 heteroatoms. The van der Waals surface area contributed by atoms with Crippen LogP contribution in [0.1, 0.15) is 11.1 Å². The van der Waals surface area contributed by atoms with E-state index in [-0.39, 0.29) is 36.8 Å². The lowest BCUT2D eigenvalue weighted by Crippen LogP contribution is -2.49. The number of nitrogens with zero attached hydrogens (tertiary/aromatic N) is 2. The Kier molecular flexibility index (Phi) is 5.39. The fourth-order valence-corrected chi connectivity index (χ4v) is 5.06. The highest BCUT2D eigenvalue weighted by atomic mass is 32.2. The van der Waals surface area contributed by atoms with Gasteiger partial charge >= 0.3 is 0 Å². The van der Waals surface area contributed by atoms with Crippen molar-refractivity contribution in [2.24, 2.45) is 0 Å². The van der Waals surface area contributed by atoms with Crippen LogP contribution in [0.2, 0.25) is 0 Å². The molecule has 0 bridgehead atoms. The Morgan fingerprint density at radius 3 is 2.11 bits per heavy atom.